The number of likely N-dealkylation sites (tertiary alicyclic amines) is 1. The van der Waals surface area contributed by atoms with E-state index in [1.807, 2.05) is 0 Å². The average molecular weight is 745 g/mol. The van der Waals surface area contributed by atoms with Crippen molar-refractivity contribution < 1.29 is 60.7 Å². The number of anilines is 1. The Morgan fingerprint density at radius 3 is 2.08 bits per heavy atom. The number of hydrogen-bond acceptors (Lipinski definition) is 6. The Bertz CT molecular complexity index is 1780. The maximum absolute atomic E-state index is 14.1. The third-order valence-corrected chi connectivity index (χ3v) is 9.28. The maximum Gasteiger partial charge on any atom is 0.496 e. The number of phenolic OH excluding ortho intramolecular Hbond substituents is 1. The topological polar surface area (TPSA) is 159 Å². The lowest BCUT2D eigenvalue weighted by molar-refractivity contribution is -0.918. The lowest BCUT2D eigenvalue weighted by atomic mass is 9.89. The zero-order valence-electron chi connectivity index (χ0n) is 29.3. The molecule has 3 amide bonds. The minimum atomic E-state index is -5.08. The van der Waals surface area contributed by atoms with E-state index in [1.165, 1.54) is 28.8 Å². The van der Waals surface area contributed by atoms with E-state index in [2.05, 4.69) is 12.4 Å². The van der Waals surface area contributed by atoms with Gasteiger partial charge in [-0.2, -0.15) is 22.5 Å². The molecule has 3 aromatic rings. The second-order valence-corrected chi connectivity index (χ2v) is 13.6. The number of aromatic hydroxyl groups is 1. The zero-order valence-corrected chi connectivity index (χ0v) is 29.3. The number of halogens is 4. The molecule has 1 unspecified atom stereocenters. The van der Waals surface area contributed by atoms with Crippen molar-refractivity contribution in [3.05, 3.63) is 89.7 Å². The highest BCUT2D eigenvalue weighted by Gasteiger charge is 2.40. The third kappa shape index (κ3) is 12.1. The van der Waals surface area contributed by atoms with E-state index in [9.17, 15) is 37.1 Å². The SMILES string of the molecule is C[N+]1(Cc2ccc(F)cc2)CCC/C(=[N+](\C(=O)Nc2ccc(OC(=O)C3CCCCC3)cc2)[C@@H](Cc2ccc(O)cc2)C(N)=O)C1.O=C(O)C(F)(F)F. The summed E-state index contributed by atoms with van der Waals surface area (Å²) in [4.78, 5) is 48.6. The summed E-state index contributed by atoms with van der Waals surface area (Å²) in [6.45, 7) is 1.95. The Balaban J connectivity index is 0.000000815. The quantitative estimate of drug-likeness (QED) is 0.0671. The number of carbonyl (C=O) groups excluding carboxylic acids is 3. The molecule has 2 fully saturated rings. The Hall–Kier alpha value is -5.31. The van der Waals surface area contributed by atoms with Crippen LogP contribution in [0, 0.1) is 11.7 Å². The Labute approximate surface area is 304 Å². The molecule has 1 aliphatic heterocycles. The molecule has 2 atom stereocenters. The number of rotatable bonds is 9. The fourth-order valence-corrected chi connectivity index (χ4v) is 6.63. The number of aliphatic carboxylic acids is 1. The summed E-state index contributed by atoms with van der Waals surface area (Å²) in [7, 11) is 2.09. The molecule has 2 aliphatic rings. The van der Waals surface area contributed by atoms with Crippen LogP contribution in [0.3, 0.4) is 0 Å². The molecule has 1 heterocycles. The number of amides is 3. The van der Waals surface area contributed by atoms with Gasteiger partial charge < -0.3 is 25.2 Å². The van der Waals surface area contributed by atoms with Gasteiger partial charge in [-0.1, -0.05) is 43.5 Å². The summed E-state index contributed by atoms with van der Waals surface area (Å²) in [5.74, 6) is -3.52. The predicted molar refractivity (Wildman–Crippen MR) is 187 cm³/mol. The second-order valence-electron chi connectivity index (χ2n) is 13.6. The summed E-state index contributed by atoms with van der Waals surface area (Å²) in [6.07, 6.45) is 1.34. The molecule has 0 bridgehead atoms. The minimum absolute atomic E-state index is 0.0827. The van der Waals surface area contributed by atoms with E-state index in [-0.39, 0.29) is 29.9 Å². The Morgan fingerprint density at radius 1 is 0.925 bits per heavy atom. The van der Waals surface area contributed by atoms with Crippen LogP contribution < -0.4 is 15.8 Å². The van der Waals surface area contributed by atoms with Crippen molar-refractivity contribution in [1.82, 2.24) is 0 Å². The smallest absolute Gasteiger partial charge is 0.496 e. The number of urea groups is 1. The summed E-state index contributed by atoms with van der Waals surface area (Å²) in [5.41, 5.74) is 8.93. The number of nitrogens with two attached hydrogens (primary N) is 1. The molecule has 11 nitrogen and oxygen atoms in total. The highest BCUT2D eigenvalue weighted by Crippen LogP contribution is 2.27. The van der Waals surface area contributed by atoms with Crippen LogP contribution in [0.1, 0.15) is 56.1 Å². The van der Waals surface area contributed by atoms with Crippen LogP contribution in [0.2, 0.25) is 0 Å². The lowest BCUT2D eigenvalue weighted by Crippen LogP contribution is -2.56. The number of phenols is 1. The number of hydrogen-bond donors (Lipinski definition) is 4. The molecule has 15 heteroatoms. The fourth-order valence-electron chi connectivity index (χ4n) is 6.63. The van der Waals surface area contributed by atoms with Gasteiger partial charge in [-0.3, -0.25) is 9.59 Å². The predicted octanol–water partition coefficient (Wildman–Crippen LogP) is 6.17. The van der Waals surface area contributed by atoms with E-state index in [1.54, 1.807) is 48.5 Å². The van der Waals surface area contributed by atoms with Crippen molar-refractivity contribution in [2.45, 2.75) is 70.1 Å². The normalized spacial score (nSPS) is 19.2. The van der Waals surface area contributed by atoms with E-state index >= 15 is 0 Å². The molecule has 0 aromatic heterocycles. The molecular formula is C38H44F4N4O7+2. The molecule has 5 N–H and O–H groups in total. The number of nitrogens with zero attached hydrogens (tertiary/aromatic N) is 2. The van der Waals surface area contributed by atoms with Crippen LogP contribution in [0.25, 0.3) is 0 Å². The summed E-state index contributed by atoms with van der Waals surface area (Å²) < 4.78 is 53.0. The van der Waals surface area contributed by atoms with Crippen molar-refractivity contribution in [2.24, 2.45) is 11.7 Å². The molecule has 0 radical (unpaired) electrons. The minimum Gasteiger partial charge on any atom is -0.508 e. The number of piperidine rings is 1. The van der Waals surface area contributed by atoms with Crippen LogP contribution in [-0.4, -0.2) is 81.2 Å². The summed E-state index contributed by atoms with van der Waals surface area (Å²) in [6, 6.07) is 18.0. The number of carboxylic acids is 1. The van der Waals surface area contributed by atoms with Crippen molar-refractivity contribution in [2.75, 3.05) is 25.5 Å². The van der Waals surface area contributed by atoms with Crippen LogP contribution in [0.5, 0.6) is 11.5 Å². The molecule has 1 saturated heterocycles. The maximum atomic E-state index is 14.1. The first-order valence-corrected chi connectivity index (χ1v) is 17.2. The van der Waals surface area contributed by atoms with Crippen LogP contribution in [-0.2, 0) is 27.3 Å². The van der Waals surface area contributed by atoms with Crippen LogP contribution in [0.4, 0.5) is 28.0 Å². The van der Waals surface area contributed by atoms with Gasteiger partial charge in [-0.15, -0.1) is 0 Å². The number of primary amides is 1. The van der Waals surface area contributed by atoms with Gasteiger partial charge in [0.1, 0.15) is 41.8 Å². The van der Waals surface area contributed by atoms with Gasteiger partial charge in [-0.25, -0.2) is 14.5 Å². The van der Waals surface area contributed by atoms with E-state index < -0.39 is 30.1 Å². The average Bonchev–Trinajstić information content (AvgIpc) is 3.11. The van der Waals surface area contributed by atoms with Crippen LogP contribution in [0.15, 0.2) is 72.8 Å². The molecule has 5 rings (SSSR count). The molecule has 53 heavy (non-hydrogen) atoms. The van der Waals surface area contributed by atoms with Gasteiger partial charge in [0.05, 0.1) is 19.5 Å². The number of alkyl halides is 3. The molecule has 0 spiro atoms. The van der Waals surface area contributed by atoms with Crippen LogP contribution >= 0.6 is 0 Å². The first-order chi connectivity index (χ1) is 25.0. The molecule has 1 saturated carbocycles. The molecule has 1 aliphatic carbocycles. The number of ether oxygens (including phenoxy) is 1. The fraction of sp³-hybridized carbons (Fsp3) is 0.395. The third-order valence-electron chi connectivity index (χ3n) is 9.28. The van der Waals surface area contributed by atoms with Gasteiger partial charge in [-0.05, 0) is 66.9 Å². The highest BCUT2D eigenvalue weighted by molar-refractivity contribution is 5.94. The van der Waals surface area contributed by atoms with E-state index in [0.717, 1.165) is 61.9 Å². The standard InChI is InChI=1S/C36H41FN4O5.C2HF3O2/c1-41(23-26-9-13-28(37)14-10-26)21-5-8-30(24-41)40(33(34(38)43)22-25-11-17-31(42)18-12-25)36(45)39-29-15-19-32(20-16-29)46-35(44)27-6-3-2-4-7-27;3-2(4,5)1(6)7/h9-20,27,33H,2-8,21-24H2,1H3,(H2-2,38,39,42,43,45);(H,6,7)/p+2/b40-30+;/t33-,41?;/m0./s1. The number of carbonyl (C=O) groups is 4. The van der Waals surface area contributed by atoms with Gasteiger partial charge in [0.15, 0.2) is 6.04 Å². The van der Waals surface area contributed by atoms with Gasteiger partial charge in [0, 0.05) is 24.8 Å². The van der Waals surface area contributed by atoms with Gasteiger partial charge >= 0.3 is 24.1 Å². The zero-order chi connectivity index (χ0) is 38.8. The van der Waals surface area contributed by atoms with Gasteiger partial charge in [0.2, 0.25) is 0 Å². The molecule has 284 valence electrons. The number of carboxylic acid groups (broad SMARTS) is 1. The van der Waals surface area contributed by atoms with E-state index in [4.69, 9.17) is 20.4 Å². The Morgan fingerprint density at radius 2 is 1.51 bits per heavy atom. The molecular weight excluding hydrogens is 700 g/mol. The first-order valence-electron chi connectivity index (χ1n) is 17.2. The van der Waals surface area contributed by atoms with E-state index in [0.29, 0.717) is 35.4 Å². The van der Waals surface area contributed by atoms with Crippen molar-refractivity contribution in [3.8, 4) is 11.5 Å². The molecule has 3 aromatic carbocycles. The number of benzene rings is 3. The highest BCUT2D eigenvalue weighted by atomic mass is 19.4. The van der Waals surface area contributed by atoms with Gasteiger partial charge in [0.25, 0.3) is 5.91 Å². The number of nitrogens with one attached hydrogen (secondary N) is 1. The second kappa shape index (κ2) is 17.9. The first kappa shape index (κ1) is 40.5. The Kier molecular flexibility index (Phi) is 13.7. The van der Waals surface area contributed by atoms with Crippen molar-refractivity contribution >= 4 is 35.3 Å². The largest absolute Gasteiger partial charge is 0.508 e. The van der Waals surface area contributed by atoms with Crippen molar-refractivity contribution in [1.29, 1.82) is 0 Å². The summed E-state index contributed by atoms with van der Waals surface area (Å²) in [5, 5.41) is 19.8. The van der Waals surface area contributed by atoms with Crippen molar-refractivity contribution in [3.63, 3.8) is 0 Å². The monoisotopic (exact) mass is 744 g/mol. The summed E-state index contributed by atoms with van der Waals surface area (Å²) >= 11 is 0. The number of esters is 1. The lowest BCUT2D eigenvalue weighted by Gasteiger charge is -2.38. The number of quaternary nitrogens is 1.